The molecule has 2 fully saturated rings. The van der Waals surface area contributed by atoms with Crippen LogP contribution in [0.5, 0.6) is 0 Å². The molecule has 0 amide bonds. The van der Waals surface area contributed by atoms with Gasteiger partial charge < -0.3 is 5.11 Å². The lowest BCUT2D eigenvalue weighted by Crippen LogP contribution is -2.52. The van der Waals surface area contributed by atoms with Crippen LogP contribution in [0.1, 0.15) is 39.5 Å². The molecule has 3 atom stereocenters. The molecule has 0 spiro atoms. The van der Waals surface area contributed by atoms with Crippen LogP contribution in [-0.2, 0) is 14.8 Å². The van der Waals surface area contributed by atoms with Crippen molar-refractivity contribution in [1.29, 1.82) is 0 Å². The molecule has 0 aromatic heterocycles. The average Bonchev–Trinajstić information content (AvgIpc) is 2.97. The van der Waals surface area contributed by atoms with E-state index in [-0.39, 0.29) is 6.17 Å². The fourth-order valence-corrected chi connectivity index (χ4v) is 4.65. The third kappa shape index (κ3) is 4.18. The molecule has 2 aliphatic heterocycles. The Bertz CT molecular complexity index is 490. The Morgan fingerprint density at radius 1 is 1.14 bits per heavy atom. The summed E-state index contributed by atoms with van der Waals surface area (Å²) in [6.45, 7) is 6.16. The molecule has 2 N–H and O–H groups in total. The Morgan fingerprint density at radius 3 is 2.32 bits per heavy atom. The molecular formula is C14H27N3O4S. The van der Waals surface area contributed by atoms with E-state index in [1.165, 1.54) is 0 Å². The van der Waals surface area contributed by atoms with Crippen molar-refractivity contribution in [3.05, 3.63) is 0 Å². The first-order chi connectivity index (χ1) is 10.3. The molecule has 2 rings (SSSR count). The van der Waals surface area contributed by atoms with Crippen molar-refractivity contribution < 1.29 is 18.3 Å². The van der Waals surface area contributed by atoms with Crippen molar-refractivity contribution in [2.24, 2.45) is 5.92 Å². The maximum Gasteiger partial charge on any atom is 0.307 e. The molecule has 8 heteroatoms. The predicted molar refractivity (Wildman–Crippen MR) is 83.7 cm³/mol. The van der Waals surface area contributed by atoms with Crippen molar-refractivity contribution in [2.75, 3.05) is 26.2 Å². The number of sulfonamides is 1. The SMILES string of the molecule is CC(NS(=O)(=O)C(C)N1CCCCC1)N1CCC(C(=O)O)C1. The highest BCUT2D eigenvalue weighted by molar-refractivity contribution is 7.90. The summed E-state index contributed by atoms with van der Waals surface area (Å²) in [5.41, 5.74) is 0. The van der Waals surface area contributed by atoms with Crippen LogP contribution in [0, 0.1) is 5.92 Å². The number of hydrogen-bond donors (Lipinski definition) is 2. The molecule has 0 aromatic rings. The number of likely N-dealkylation sites (tertiary alicyclic amines) is 2. The summed E-state index contributed by atoms with van der Waals surface area (Å²) in [5, 5.41) is 8.48. The number of nitrogens with zero attached hydrogens (tertiary/aromatic N) is 2. The van der Waals surface area contributed by atoms with Gasteiger partial charge >= 0.3 is 5.97 Å². The Morgan fingerprint density at radius 2 is 1.77 bits per heavy atom. The molecular weight excluding hydrogens is 306 g/mol. The highest BCUT2D eigenvalue weighted by atomic mass is 32.2. The second kappa shape index (κ2) is 7.25. The molecule has 0 bridgehead atoms. The van der Waals surface area contributed by atoms with Crippen LogP contribution >= 0.6 is 0 Å². The Labute approximate surface area is 132 Å². The Balaban J connectivity index is 1.91. The van der Waals surface area contributed by atoms with Crippen LogP contribution in [0.15, 0.2) is 0 Å². The Kier molecular flexibility index (Phi) is 5.81. The van der Waals surface area contributed by atoms with Crippen molar-refractivity contribution in [3.63, 3.8) is 0 Å². The van der Waals surface area contributed by atoms with E-state index in [2.05, 4.69) is 4.72 Å². The molecule has 128 valence electrons. The monoisotopic (exact) mass is 333 g/mol. The van der Waals surface area contributed by atoms with Gasteiger partial charge in [0.1, 0.15) is 5.37 Å². The van der Waals surface area contributed by atoms with Gasteiger partial charge in [0, 0.05) is 13.1 Å². The highest BCUT2D eigenvalue weighted by Crippen LogP contribution is 2.20. The summed E-state index contributed by atoms with van der Waals surface area (Å²) in [5.74, 6) is -1.20. The molecule has 0 saturated carbocycles. The van der Waals surface area contributed by atoms with E-state index in [0.717, 1.165) is 32.4 Å². The van der Waals surface area contributed by atoms with Crippen LogP contribution in [0.25, 0.3) is 0 Å². The van der Waals surface area contributed by atoms with Crippen molar-refractivity contribution in [1.82, 2.24) is 14.5 Å². The molecule has 0 aromatic carbocycles. The summed E-state index contributed by atoms with van der Waals surface area (Å²) >= 11 is 0. The van der Waals surface area contributed by atoms with E-state index >= 15 is 0 Å². The van der Waals surface area contributed by atoms with Crippen molar-refractivity contribution in [2.45, 2.75) is 51.1 Å². The third-order valence-corrected chi connectivity index (χ3v) is 6.67. The van der Waals surface area contributed by atoms with Gasteiger partial charge in [0.15, 0.2) is 0 Å². The number of nitrogens with one attached hydrogen (secondary N) is 1. The summed E-state index contributed by atoms with van der Waals surface area (Å²) in [6.07, 6.45) is 3.45. The second-order valence-electron chi connectivity index (χ2n) is 6.35. The van der Waals surface area contributed by atoms with Gasteiger partial charge in [-0.15, -0.1) is 0 Å². The molecule has 2 aliphatic rings. The van der Waals surface area contributed by atoms with Crippen LogP contribution in [-0.4, -0.2) is 67.0 Å². The van der Waals surface area contributed by atoms with Gasteiger partial charge in [-0.2, -0.15) is 4.72 Å². The maximum atomic E-state index is 12.5. The number of rotatable bonds is 6. The standard InChI is InChI=1S/C14H27N3O4S/c1-11(17-9-6-13(10-17)14(18)19)15-22(20,21)12(2)16-7-4-3-5-8-16/h11-13,15H,3-10H2,1-2H3,(H,18,19). The first-order valence-electron chi connectivity index (χ1n) is 8.03. The highest BCUT2D eigenvalue weighted by Gasteiger charge is 2.34. The minimum atomic E-state index is -3.45. The minimum Gasteiger partial charge on any atom is -0.481 e. The zero-order valence-electron chi connectivity index (χ0n) is 13.4. The van der Waals surface area contributed by atoms with Gasteiger partial charge in [0.05, 0.1) is 12.1 Å². The fraction of sp³-hybridized carbons (Fsp3) is 0.929. The van der Waals surface area contributed by atoms with Crippen LogP contribution in [0.4, 0.5) is 0 Å². The molecule has 3 unspecified atom stereocenters. The molecule has 22 heavy (non-hydrogen) atoms. The van der Waals surface area contributed by atoms with Gasteiger partial charge in [-0.3, -0.25) is 14.6 Å². The average molecular weight is 333 g/mol. The normalized spacial score (nSPS) is 27.6. The summed E-state index contributed by atoms with van der Waals surface area (Å²) in [4.78, 5) is 14.9. The number of carboxylic acids is 1. The molecule has 2 heterocycles. The van der Waals surface area contributed by atoms with E-state index in [4.69, 9.17) is 5.11 Å². The maximum absolute atomic E-state index is 12.5. The van der Waals surface area contributed by atoms with E-state index in [0.29, 0.717) is 19.5 Å². The number of carboxylic acid groups (broad SMARTS) is 1. The number of piperidine rings is 1. The smallest absolute Gasteiger partial charge is 0.307 e. The number of aliphatic carboxylic acids is 1. The summed E-state index contributed by atoms with van der Waals surface area (Å²) < 4.78 is 27.8. The number of hydrogen-bond acceptors (Lipinski definition) is 5. The number of carbonyl (C=O) groups is 1. The molecule has 0 radical (unpaired) electrons. The largest absolute Gasteiger partial charge is 0.481 e. The van der Waals surface area contributed by atoms with Gasteiger partial charge in [0.2, 0.25) is 10.0 Å². The van der Waals surface area contributed by atoms with Gasteiger partial charge in [-0.25, -0.2) is 8.42 Å². The van der Waals surface area contributed by atoms with E-state index in [9.17, 15) is 13.2 Å². The minimum absolute atomic E-state index is 0.374. The molecule has 7 nitrogen and oxygen atoms in total. The quantitative estimate of drug-likeness (QED) is 0.735. The zero-order chi connectivity index (χ0) is 16.3. The van der Waals surface area contributed by atoms with E-state index < -0.39 is 27.3 Å². The summed E-state index contributed by atoms with van der Waals surface area (Å²) in [7, 11) is -3.45. The summed E-state index contributed by atoms with van der Waals surface area (Å²) in [6, 6.07) is 0. The Hall–Kier alpha value is -0.700. The van der Waals surface area contributed by atoms with Gasteiger partial charge in [0.25, 0.3) is 0 Å². The first-order valence-corrected chi connectivity index (χ1v) is 9.58. The van der Waals surface area contributed by atoms with Gasteiger partial charge in [-0.1, -0.05) is 6.42 Å². The van der Waals surface area contributed by atoms with E-state index in [1.807, 2.05) is 9.80 Å². The van der Waals surface area contributed by atoms with Crippen LogP contribution in [0.2, 0.25) is 0 Å². The van der Waals surface area contributed by atoms with Crippen molar-refractivity contribution in [3.8, 4) is 0 Å². The predicted octanol–water partition coefficient (Wildman–Crippen LogP) is 0.490. The van der Waals surface area contributed by atoms with E-state index in [1.54, 1.807) is 13.8 Å². The van der Waals surface area contributed by atoms with Crippen LogP contribution < -0.4 is 4.72 Å². The first kappa shape index (κ1) is 17.7. The lowest BCUT2D eigenvalue weighted by molar-refractivity contribution is -0.141. The van der Waals surface area contributed by atoms with Gasteiger partial charge in [-0.05, 0) is 46.2 Å². The topological polar surface area (TPSA) is 90.0 Å². The van der Waals surface area contributed by atoms with Crippen molar-refractivity contribution >= 4 is 16.0 Å². The molecule has 2 saturated heterocycles. The lowest BCUT2D eigenvalue weighted by atomic mass is 10.1. The van der Waals surface area contributed by atoms with Crippen LogP contribution in [0.3, 0.4) is 0 Å². The zero-order valence-corrected chi connectivity index (χ0v) is 14.2. The fourth-order valence-electron chi connectivity index (χ4n) is 3.23. The third-order valence-electron chi connectivity index (χ3n) is 4.81. The second-order valence-corrected chi connectivity index (χ2v) is 8.36. The molecule has 0 aliphatic carbocycles. The lowest BCUT2D eigenvalue weighted by Gasteiger charge is -2.33.